The molecule has 5 nitrogen and oxygen atoms in total. The standard InChI is InChI=1S/C19H20ClFN2O3/c1-10-8-15(11(2)23(10)14-5-6-14)19(25)26-12(3)18(24)22-17-7-4-13(20)9-16(17)21/h4,7-9,12,14H,5-6H2,1-3H3,(H,22,24)/t12-/m1/s1. The van der Waals surface area contributed by atoms with Gasteiger partial charge < -0.3 is 14.6 Å². The third-order valence-electron chi connectivity index (χ3n) is 4.46. The van der Waals surface area contributed by atoms with Crippen molar-refractivity contribution in [2.75, 3.05) is 5.32 Å². The molecule has 1 aliphatic carbocycles. The lowest BCUT2D eigenvalue weighted by Crippen LogP contribution is -2.30. The van der Waals surface area contributed by atoms with Gasteiger partial charge in [0, 0.05) is 22.5 Å². The van der Waals surface area contributed by atoms with Gasteiger partial charge in [-0.1, -0.05) is 11.6 Å². The summed E-state index contributed by atoms with van der Waals surface area (Å²) in [6, 6.07) is 6.14. The van der Waals surface area contributed by atoms with E-state index in [1.165, 1.54) is 19.1 Å². The average molecular weight is 379 g/mol. The number of hydrogen-bond donors (Lipinski definition) is 1. The van der Waals surface area contributed by atoms with Crippen LogP contribution in [0.1, 0.15) is 47.6 Å². The molecule has 1 aromatic heterocycles. The van der Waals surface area contributed by atoms with Crippen molar-refractivity contribution < 1.29 is 18.7 Å². The molecule has 1 fully saturated rings. The minimum absolute atomic E-state index is 0.0192. The lowest BCUT2D eigenvalue weighted by atomic mass is 10.2. The van der Waals surface area contributed by atoms with Crippen molar-refractivity contribution in [1.29, 1.82) is 0 Å². The number of benzene rings is 1. The lowest BCUT2D eigenvalue weighted by Gasteiger charge is -2.14. The van der Waals surface area contributed by atoms with Crippen molar-refractivity contribution in [3.63, 3.8) is 0 Å². The van der Waals surface area contributed by atoms with E-state index in [-0.39, 0.29) is 10.7 Å². The largest absolute Gasteiger partial charge is 0.449 e. The first-order chi connectivity index (χ1) is 12.3. The number of nitrogens with zero attached hydrogens (tertiary/aromatic N) is 1. The van der Waals surface area contributed by atoms with Crippen LogP contribution in [-0.4, -0.2) is 22.5 Å². The minimum atomic E-state index is -1.07. The van der Waals surface area contributed by atoms with Gasteiger partial charge in [0.05, 0.1) is 11.3 Å². The molecule has 1 saturated carbocycles. The minimum Gasteiger partial charge on any atom is -0.449 e. The SMILES string of the molecule is Cc1cc(C(=O)O[C@H](C)C(=O)Nc2ccc(Cl)cc2F)c(C)n1C1CC1. The third kappa shape index (κ3) is 3.75. The van der Waals surface area contributed by atoms with Crippen molar-refractivity contribution >= 4 is 29.2 Å². The van der Waals surface area contributed by atoms with Crippen molar-refractivity contribution in [1.82, 2.24) is 4.57 Å². The number of aryl methyl sites for hydroxylation is 1. The maximum absolute atomic E-state index is 13.8. The zero-order valence-electron chi connectivity index (χ0n) is 14.8. The van der Waals surface area contributed by atoms with Crippen molar-refractivity contribution in [2.45, 2.75) is 45.8 Å². The molecule has 0 bridgehead atoms. The maximum Gasteiger partial charge on any atom is 0.340 e. The molecular formula is C19H20ClFN2O3. The summed E-state index contributed by atoms with van der Waals surface area (Å²) in [7, 11) is 0. The second-order valence-corrected chi connectivity index (χ2v) is 6.98. The Morgan fingerprint density at radius 2 is 2.00 bits per heavy atom. The van der Waals surface area contributed by atoms with Crippen molar-refractivity contribution in [2.24, 2.45) is 0 Å². The number of nitrogens with one attached hydrogen (secondary N) is 1. The summed E-state index contributed by atoms with van der Waals surface area (Å²) in [5.41, 5.74) is 2.27. The summed E-state index contributed by atoms with van der Waals surface area (Å²) in [5, 5.41) is 2.63. The number of aromatic nitrogens is 1. The number of carbonyl (C=O) groups excluding carboxylic acids is 2. The molecule has 0 aliphatic heterocycles. The van der Waals surface area contributed by atoms with Gasteiger partial charge >= 0.3 is 5.97 Å². The predicted octanol–water partition coefficient (Wildman–Crippen LogP) is 4.42. The smallest absolute Gasteiger partial charge is 0.340 e. The van der Waals surface area contributed by atoms with Crippen LogP contribution in [0.4, 0.5) is 10.1 Å². The number of halogens is 2. The van der Waals surface area contributed by atoms with Crippen LogP contribution < -0.4 is 5.32 Å². The van der Waals surface area contributed by atoms with Crippen LogP contribution in [0.15, 0.2) is 24.3 Å². The summed E-state index contributed by atoms with van der Waals surface area (Å²) < 4.78 is 21.2. The van der Waals surface area contributed by atoms with E-state index < -0.39 is 23.8 Å². The van der Waals surface area contributed by atoms with Crippen LogP contribution in [-0.2, 0) is 9.53 Å². The van der Waals surface area contributed by atoms with E-state index in [2.05, 4.69) is 9.88 Å². The van der Waals surface area contributed by atoms with Crippen LogP contribution in [0.2, 0.25) is 5.02 Å². The van der Waals surface area contributed by atoms with Crippen LogP contribution in [0, 0.1) is 19.7 Å². The summed E-state index contributed by atoms with van der Waals surface area (Å²) >= 11 is 5.68. The first-order valence-corrected chi connectivity index (χ1v) is 8.81. The van der Waals surface area contributed by atoms with E-state index in [1.807, 2.05) is 13.8 Å². The molecular weight excluding hydrogens is 359 g/mol. The normalized spacial score (nSPS) is 14.8. The Labute approximate surface area is 156 Å². The number of ether oxygens (including phenoxy) is 1. The number of carbonyl (C=O) groups is 2. The topological polar surface area (TPSA) is 60.3 Å². The number of rotatable bonds is 5. The molecule has 1 aromatic carbocycles. The molecule has 0 radical (unpaired) electrons. The van der Waals surface area contributed by atoms with Gasteiger partial charge in [-0.25, -0.2) is 9.18 Å². The monoisotopic (exact) mass is 378 g/mol. The summed E-state index contributed by atoms with van der Waals surface area (Å²) in [4.78, 5) is 24.6. The fourth-order valence-corrected chi connectivity index (χ4v) is 3.14. The van der Waals surface area contributed by atoms with E-state index in [4.69, 9.17) is 16.3 Å². The van der Waals surface area contributed by atoms with Crippen molar-refractivity contribution in [3.05, 3.63) is 52.1 Å². The molecule has 1 aliphatic rings. The summed E-state index contributed by atoms with van der Waals surface area (Å²) in [5.74, 6) is -1.84. The van der Waals surface area contributed by atoms with Gasteiger partial charge in [-0.15, -0.1) is 0 Å². The molecule has 0 spiro atoms. The molecule has 0 saturated heterocycles. The number of amides is 1. The van der Waals surface area contributed by atoms with E-state index in [1.54, 1.807) is 6.07 Å². The number of esters is 1. The van der Waals surface area contributed by atoms with Gasteiger partial charge in [-0.05, 0) is 57.9 Å². The molecule has 7 heteroatoms. The maximum atomic E-state index is 13.8. The van der Waals surface area contributed by atoms with Crippen LogP contribution in [0.3, 0.4) is 0 Å². The molecule has 1 amide bonds. The lowest BCUT2D eigenvalue weighted by molar-refractivity contribution is -0.123. The fraction of sp³-hybridized carbons (Fsp3) is 0.368. The van der Waals surface area contributed by atoms with E-state index in [0.717, 1.165) is 30.3 Å². The Balaban J connectivity index is 1.67. The van der Waals surface area contributed by atoms with E-state index >= 15 is 0 Å². The first-order valence-electron chi connectivity index (χ1n) is 8.43. The van der Waals surface area contributed by atoms with Gasteiger partial charge in [0.1, 0.15) is 5.82 Å². The molecule has 3 rings (SSSR count). The molecule has 1 N–H and O–H groups in total. The summed E-state index contributed by atoms with van der Waals surface area (Å²) in [6.07, 6.45) is 1.15. The quantitative estimate of drug-likeness (QED) is 0.783. The predicted molar refractivity (Wildman–Crippen MR) is 97.1 cm³/mol. The molecule has 1 atom stereocenters. The van der Waals surface area contributed by atoms with Gasteiger partial charge in [-0.2, -0.15) is 0 Å². The first kappa shape index (κ1) is 18.5. The highest BCUT2D eigenvalue weighted by Crippen LogP contribution is 2.38. The third-order valence-corrected chi connectivity index (χ3v) is 4.69. The zero-order chi connectivity index (χ0) is 19.0. The highest BCUT2D eigenvalue weighted by Gasteiger charge is 2.29. The van der Waals surface area contributed by atoms with E-state index in [0.29, 0.717) is 11.6 Å². The van der Waals surface area contributed by atoms with Gasteiger partial charge in [0.15, 0.2) is 6.10 Å². The Kier molecular flexibility index (Phi) is 5.05. The second kappa shape index (κ2) is 7.11. The van der Waals surface area contributed by atoms with Crippen molar-refractivity contribution in [3.8, 4) is 0 Å². The van der Waals surface area contributed by atoms with Crippen LogP contribution in [0.25, 0.3) is 0 Å². The Morgan fingerprint density at radius 1 is 1.31 bits per heavy atom. The number of anilines is 1. The highest BCUT2D eigenvalue weighted by molar-refractivity contribution is 6.30. The Morgan fingerprint density at radius 3 is 2.62 bits per heavy atom. The van der Waals surface area contributed by atoms with Gasteiger partial charge in [0.2, 0.25) is 0 Å². The fourth-order valence-electron chi connectivity index (χ4n) is 2.98. The molecule has 138 valence electrons. The zero-order valence-corrected chi connectivity index (χ0v) is 15.6. The van der Waals surface area contributed by atoms with Gasteiger partial charge in [-0.3, -0.25) is 4.79 Å². The van der Waals surface area contributed by atoms with Crippen LogP contribution in [0.5, 0.6) is 0 Å². The highest BCUT2D eigenvalue weighted by atomic mass is 35.5. The second-order valence-electron chi connectivity index (χ2n) is 6.55. The van der Waals surface area contributed by atoms with E-state index in [9.17, 15) is 14.0 Å². The average Bonchev–Trinajstić information content (AvgIpc) is 3.35. The molecule has 0 unspecified atom stereocenters. The molecule has 26 heavy (non-hydrogen) atoms. The van der Waals surface area contributed by atoms with Gasteiger partial charge in [0.25, 0.3) is 5.91 Å². The van der Waals surface area contributed by atoms with Crippen LogP contribution >= 0.6 is 11.6 Å². The number of hydrogen-bond acceptors (Lipinski definition) is 3. The molecule has 2 aromatic rings. The Bertz CT molecular complexity index is 874. The molecule has 1 heterocycles. The summed E-state index contributed by atoms with van der Waals surface area (Å²) in [6.45, 7) is 5.26. The Hall–Kier alpha value is -2.34.